The van der Waals surface area contributed by atoms with Gasteiger partial charge in [-0.2, -0.15) is 13.2 Å². The Morgan fingerprint density at radius 1 is 1.19 bits per heavy atom. The minimum atomic E-state index is -4.52. The van der Waals surface area contributed by atoms with Crippen LogP contribution in [-0.4, -0.2) is 36.4 Å². The van der Waals surface area contributed by atoms with Gasteiger partial charge in [-0.25, -0.2) is 9.59 Å². The van der Waals surface area contributed by atoms with E-state index in [-0.39, 0.29) is 11.3 Å². The second-order valence-electron chi connectivity index (χ2n) is 5.76. The lowest BCUT2D eigenvalue weighted by atomic mass is 10.2. The zero-order valence-electron chi connectivity index (χ0n) is 13.8. The first-order valence-electron chi connectivity index (χ1n) is 7.35. The van der Waals surface area contributed by atoms with Crippen LogP contribution in [0.4, 0.5) is 18.9 Å². The molecule has 0 aliphatic carbocycles. The fraction of sp³-hybridized carbons (Fsp3) is 0.312. The highest BCUT2D eigenvalue weighted by molar-refractivity contribution is 6.15. The summed E-state index contributed by atoms with van der Waals surface area (Å²) in [4.78, 5) is 35.3. The third-order valence-electron chi connectivity index (χ3n) is 3.07. The number of ether oxygens (including phenoxy) is 2. The maximum Gasteiger partial charge on any atom is 0.405 e. The summed E-state index contributed by atoms with van der Waals surface area (Å²) in [7, 11) is 0. The average Bonchev–Trinajstić information content (AvgIpc) is 2.50. The Kier molecular flexibility index (Phi) is 5.24. The van der Waals surface area contributed by atoms with Crippen LogP contribution in [0.15, 0.2) is 36.0 Å². The SMILES string of the molecule is CC1(C)OC(=O)C(=CNc2cccc(C(=O)NCC(F)(F)F)c2)C(=O)O1. The first-order chi connectivity index (χ1) is 12.0. The zero-order valence-corrected chi connectivity index (χ0v) is 13.8. The van der Waals surface area contributed by atoms with Gasteiger partial charge in [0.2, 0.25) is 0 Å². The number of rotatable bonds is 4. The van der Waals surface area contributed by atoms with Crippen molar-refractivity contribution in [1.29, 1.82) is 0 Å². The molecule has 0 bridgehead atoms. The van der Waals surface area contributed by atoms with Crippen LogP contribution in [0.3, 0.4) is 0 Å². The number of cyclic esters (lactones) is 2. The summed E-state index contributed by atoms with van der Waals surface area (Å²) in [5, 5.41) is 4.34. The van der Waals surface area contributed by atoms with Gasteiger partial charge in [0.1, 0.15) is 6.54 Å². The molecule has 1 aromatic carbocycles. The minimum Gasteiger partial charge on any atom is -0.419 e. The van der Waals surface area contributed by atoms with E-state index in [2.05, 4.69) is 5.32 Å². The number of amides is 1. The number of alkyl halides is 3. The predicted molar refractivity (Wildman–Crippen MR) is 82.8 cm³/mol. The van der Waals surface area contributed by atoms with E-state index in [0.29, 0.717) is 0 Å². The van der Waals surface area contributed by atoms with Crippen LogP contribution in [0.2, 0.25) is 0 Å². The Hall–Kier alpha value is -3.04. The molecular weight excluding hydrogens is 357 g/mol. The molecule has 140 valence electrons. The van der Waals surface area contributed by atoms with Crippen molar-refractivity contribution in [3.8, 4) is 0 Å². The molecule has 2 N–H and O–H groups in total. The van der Waals surface area contributed by atoms with E-state index in [9.17, 15) is 27.6 Å². The summed E-state index contributed by atoms with van der Waals surface area (Å²) in [6, 6.07) is 5.48. The molecule has 1 saturated heterocycles. The van der Waals surface area contributed by atoms with Crippen LogP contribution in [0, 0.1) is 0 Å². The standard InChI is InChI=1S/C16H15F3N2O5/c1-15(2)25-13(23)11(14(24)26-15)7-20-10-5-3-4-9(6-10)12(22)21-8-16(17,18)19/h3-7,20H,8H2,1-2H3,(H,21,22). The van der Waals surface area contributed by atoms with Crippen molar-refractivity contribution in [3.63, 3.8) is 0 Å². The van der Waals surface area contributed by atoms with Crippen molar-refractivity contribution in [2.45, 2.75) is 25.8 Å². The van der Waals surface area contributed by atoms with Crippen LogP contribution in [0.1, 0.15) is 24.2 Å². The smallest absolute Gasteiger partial charge is 0.405 e. The highest BCUT2D eigenvalue weighted by Gasteiger charge is 2.38. The van der Waals surface area contributed by atoms with Crippen molar-refractivity contribution < 1.29 is 37.0 Å². The fourth-order valence-electron chi connectivity index (χ4n) is 1.97. The van der Waals surface area contributed by atoms with E-state index < -0.39 is 41.9 Å². The van der Waals surface area contributed by atoms with Gasteiger partial charge < -0.3 is 20.1 Å². The van der Waals surface area contributed by atoms with Crippen molar-refractivity contribution in [1.82, 2.24) is 5.32 Å². The Morgan fingerprint density at radius 2 is 1.81 bits per heavy atom. The Balaban J connectivity index is 2.08. The lowest BCUT2D eigenvalue weighted by Gasteiger charge is -2.29. The van der Waals surface area contributed by atoms with Crippen molar-refractivity contribution in [2.75, 3.05) is 11.9 Å². The van der Waals surface area contributed by atoms with Gasteiger partial charge in [-0.3, -0.25) is 4.79 Å². The molecule has 0 saturated carbocycles. The third kappa shape index (κ3) is 5.23. The Bertz CT molecular complexity index is 749. The van der Waals surface area contributed by atoms with E-state index in [1.165, 1.54) is 38.1 Å². The van der Waals surface area contributed by atoms with Gasteiger partial charge in [-0.1, -0.05) is 6.07 Å². The molecule has 10 heteroatoms. The quantitative estimate of drug-likeness (QED) is 0.478. The maximum absolute atomic E-state index is 12.1. The molecule has 0 unspecified atom stereocenters. The lowest BCUT2D eigenvalue weighted by molar-refractivity contribution is -0.222. The average molecular weight is 372 g/mol. The highest BCUT2D eigenvalue weighted by Crippen LogP contribution is 2.23. The largest absolute Gasteiger partial charge is 0.419 e. The number of benzene rings is 1. The topological polar surface area (TPSA) is 93.7 Å². The first kappa shape index (κ1) is 19.3. The van der Waals surface area contributed by atoms with Crippen molar-refractivity contribution in [2.24, 2.45) is 0 Å². The van der Waals surface area contributed by atoms with Crippen molar-refractivity contribution in [3.05, 3.63) is 41.6 Å². The van der Waals surface area contributed by atoms with Crippen LogP contribution in [-0.2, 0) is 19.1 Å². The summed E-state index contributed by atoms with van der Waals surface area (Å²) in [6.45, 7) is 1.34. The number of halogens is 3. The lowest BCUT2D eigenvalue weighted by Crippen LogP contribution is -2.42. The summed E-state index contributed by atoms with van der Waals surface area (Å²) in [5.41, 5.74) is -0.161. The molecule has 0 radical (unpaired) electrons. The number of hydrogen-bond donors (Lipinski definition) is 2. The Labute approximate surface area is 146 Å². The molecule has 7 nitrogen and oxygen atoms in total. The molecule has 1 heterocycles. The van der Waals surface area contributed by atoms with Gasteiger partial charge >= 0.3 is 18.1 Å². The predicted octanol–water partition coefficient (Wildman–Crippen LogP) is 2.11. The molecular formula is C16H15F3N2O5. The number of esters is 2. The summed E-state index contributed by atoms with van der Waals surface area (Å²) < 4.78 is 46.2. The van der Waals surface area contributed by atoms with E-state index in [0.717, 1.165) is 6.20 Å². The highest BCUT2D eigenvalue weighted by atomic mass is 19.4. The normalized spacial score (nSPS) is 16.4. The summed E-state index contributed by atoms with van der Waals surface area (Å²) >= 11 is 0. The Morgan fingerprint density at radius 3 is 2.38 bits per heavy atom. The molecule has 2 rings (SSSR count). The molecule has 26 heavy (non-hydrogen) atoms. The van der Waals surface area contributed by atoms with Crippen LogP contribution in [0.25, 0.3) is 0 Å². The van der Waals surface area contributed by atoms with Gasteiger partial charge in [0.15, 0.2) is 5.57 Å². The number of carbonyl (C=O) groups is 3. The number of hydrogen-bond acceptors (Lipinski definition) is 6. The molecule has 1 fully saturated rings. The first-order valence-corrected chi connectivity index (χ1v) is 7.35. The molecule has 1 aliphatic rings. The van der Waals surface area contributed by atoms with E-state index in [4.69, 9.17) is 9.47 Å². The van der Waals surface area contributed by atoms with Crippen LogP contribution in [0.5, 0.6) is 0 Å². The van der Waals surface area contributed by atoms with Crippen LogP contribution < -0.4 is 10.6 Å². The maximum atomic E-state index is 12.1. The molecule has 0 spiro atoms. The second kappa shape index (κ2) is 7.06. The molecule has 0 aromatic heterocycles. The molecule has 1 amide bonds. The zero-order chi connectivity index (χ0) is 19.5. The third-order valence-corrected chi connectivity index (χ3v) is 3.07. The number of nitrogens with one attached hydrogen (secondary N) is 2. The van der Waals surface area contributed by atoms with Gasteiger partial charge in [-0.15, -0.1) is 0 Å². The monoisotopic (exact) mass is 372 g/mol. The molecule has 1 aliphatic heterocycles. The number of anilines is 1. The van der Waals surface area contributed by atoms with Gasteiger partial charge in [-0.05, 0) is 18.2 Å². The van der Waals surface area contributed by atoms with Gasteiger partial charge in [0.05, 0.1) is 0 Å². The van der Waals surface area contributed by atoms with E-state index in [1.54, 1.807) is 5.32 Å². The van der Waals surface area contributed by atoms with Gasteiger partial charge in [0.25, 0.3) is 11.7 Å². The second-order valence-corrected chi connectivity index (χ2v) is 5.76. The molecule has 1 aromatic rings. The fourth-order valence-corrected chi connectivity index (χ4v) is 1.97. The summed E-state index contributed by atoms with van der Waals surface area (Å²) in [6.07, 6.45) is -3.49. The molecule has 0 atom stereocenters. The van der Waals surface area contributed by atoms with Crippen LogP contribution >= 0.6 is 0 Å². The number of carbonyl (C=O) groups excluding carboxylic acids is 3. The van der Waals surface area contributed by atoms with Gasteiger partial charge in [0, 0.05) is 31.3 Å². The van der Waals surface area contributed by atoms with E-state index >= 15 is 0 Å². The minimum absolute atomic E-state index is 0.0346. The van der Waals surface area contributed by atoms with E-state index in [1.807, 2.05) is 0 Å². The van der Waals surface area contributed by atoms with Crippen molar-refractivity contribution >= 4 is 23.5 Å². The summed E-state index contributed by atoms with van der Waals surface area (Å²) in [5.74, 6) is -4.07.